The van der Waals surface area contributed by atoms with Crippen LogP contribution in [0.3, 0.4) is 0 Å². The number of hydrogen-bond donors (Lipinski definition) is 1. The van der Waals surface area contributed by atoms with E-state index in [9.17, 15) is 0 Å². The minimum Gasteiger partial charge on any atom is -0.463 e. The minimum atomic E-state index is 0.681. The van der Waals surface area contributed by atoms with Gasteiger partial charge in [0.05, 0.1) is 13.1 Å². The van der Waals surface area contributed by atoms with E-state index in [-0.39, 0.29) is 0 Å². The van der Waals surface area contributed by atoms with Gasteiger partial charge in [-0.05, 0) is 49.9 Å². The number of likely N-dealkylation sites (tertiary alicyclic amines) is 1. The van der Waals surface area contributed by atoms with E-state index in [1.54, 1.807) is 0 Å². The van der Waals surface area contributed by atoms with Gasteiger partial charge in [0.15, 0.2) is 0 Å². The maximum Gasteiger partial charge on any atom is 0.120 e. The number of nitrogens with one attached hydrogen (secondary N) is 1. The standard InChI is InChI=1S/C16H28N2O/c1-12(2)8-17-9-16-14(4)7-15(19-16)11-18-6-5-13(3)10-18/h7,12-13,17H,5-6,8-11H2,1-4H3. The van der Waals surface area contributed by atoms with Crippen molar-refractivity contribution in [1.29, 1.82) is 0 Å². The first-order chi connectivity index (χ1) is 9.04. The highest BCUT2D eigenvalue weighted by atomic mass is 16.3. The van der Waals surface area contributed by atoms with Gasteiger partial charge < -0.3 is 9.73 Å². The Bertz CT molecular complexity index is 397. The van der Waals surface area contributed by atoms with Crippen molar-refractivity contribution in [3.63, 3.8) is 0 Å². The molecule has 3 heteroatoms. The molecule has 0 radical (unpaired) electrons. The Morgan fingerprint density at radius 1 is 1.47 bits per heavy atom. The average Bonchev–Trinajstić information content (AvgIpc) is 2.86. The molecule has 2 heterocycles. The second-order valence-electron chi connectivity index (χ2n) is 6.47. The van der Waals surface area contributed by atoms with Gasteiger partial charge >= 0.3 is 0 Å². The van der Waals surface area contributed by atoms with Crippen molar-refractivity contribution in [3.05, 3.63) is 23.2 Å². The molecule has 0 saturated carbocycles. The SMILES string of the molecule is Cc1cc(CN2CCC(C)C2)oc1CNCC(C)C. The second-order valence-corrected chi connectivity index (χ2v) is 6.47. The van der Waals surface area contributed by atoms with E-state index >= 15 is 0 Å². The fourth-order valence-electron chi connectivity index (χ4n) is 2.71. The van der Waals surface area contributed by atoms with Crippen LogP contribution in [0.1, 0.15) is 44.3 Å². The lowest BCUT2D eigenvalue weighted by atomic mass is 10.2. The van der Waals surface area contributed by atoms with Crippen LogP contribution in [0.25, 0.3) is 0 Å². The summed E-state index contributed by atoms with van der Waals surface area (Å²) in [5, 5.41) is 3.45. The quantitative estimate of drug-likeness (QED) is 0.855. The largest absolute Gasteiger partial charge is 0.463 e. The van der Waals surface area contributed by atoms with Crippen LogP contribution in [-0.4, -0.2) is 24.5 Å². The van der Waals surface area contributed by atoms with Crippen LogP contribution >= 0.6 is 0 Å². The van der Waals surface area contributed by atoms with Crippen molar-refractivity contribution in [2.45, 2.75) is 47.2 Å². The summed E-state index contributed by atoms with van der Waals surface area (Å²) in [4.78, 5) is 2.49. The summed E-state index contributed by atoms with van der Waals surface area (Å²) in [6, 6.07) is 2.20. The number of hydrogen-bond acceptors (Lipinski definition) is 3. The summed E-state index contributed by atoms with van der Waals surface area (Å²) >= 11 is 0. The Labute approximate surface area is 117 Å². The molecule has 0 amide bonds. The molecule has 19 heavy (non-hydrogen) atoms. The maximum absolute atomic E-state index is 5.99. The lowest BCUT2D eigenvalue weighted by molar-refractivity contribution is 0.283. The molecule has 1 aromatic heterocycles. The van der Waals surface area contributed by atoms with E-state index in [1.165, 1.54) is 25.1 Å². The van der Waals surface area contributed by atoms with Crippen molar-refractivity contribution in [2.24, 2.45) is 11.8 Å². The molecule has 0 aliphatic carbocycles. The Kier molecular flexibility index (Phi) is 5.06. The van der Waals surface area contributed by atoms with E-state index < -0.39 is 0 Å². The van der Waals surface area contributed by atoms with Crippen molar-refractivity contribution >= 4 is 0 Å². The van der Waals surface area contributed by atoms with E-state index in [0.29, 0.717) is 5.92 Å². The molecule has 3 nitrogen and oxygen atoms in total. The lowest BCUT2D eigenvalue weighted by Gasteiger charge is -2.12. The van der Waals surface area contributed by atoms with E-state index in [4.69, 9.17) is 4.42 Å². The zero-order valence-electron chi connectivity index (χ0n) is 12.8. The molecule has 1 aliphatic rings. The summed E-state index contributed by atoms with van der Waals surface area (Å²) in [6.07, 6.45) is 1.32. The molecule has 1 saturated heterocycles. The van der Waals surface area contributed by atoms with Gasteiger partial charge in [0.1, 0.15) is 11.5 Å². The summed E-state index contributed by atoms with van der Waals surface area (Å²) in [5.74, 6) is 3.74. The highest BCUT2D eigenvalue weighted by Gasteiger charge is 2.20. The van der Waals surface area contributed by atoms with Gasteiger partial charge in [-0.2, -0.15) is 0 Å². The van der Waals surface area contributed by atoms with Gasteiger partial charge in [-0.3, -0.25) is 4.90 Å². The summed E-state index contributed by atoms with van der Waals surface area (Å²) < 4.78 is 5.99. The van der Waals surface area contributed by atoms with E-state index in [0.717, 1.165) is 37.1 Å². The molecule has 0 spiro atoms. The first-order valence-electron chi connectivity index (χ1n) is 7.56. The van der Waals surface area contributed by atoms with Gasteiger partial charge in [0.25, 0.3) is 0 Å². The molecule has 0 aromatic carbocycles. The van der Waals surface area contributed by atoms with E-state index in [2.05, 4.69) is 44.0 Å². The third kappa shape index (κ3) is 4.36. The van der Waals surface area contributed by atoms with Crippen LogP contribution < -0.4 is 5.32 Å². The highest BCUT2D eigenvalue weighted by molar-refractivity contribution is 5.20. The number of furan rings is 1. The highest BCUT2D eigenvalue weighted by Crippen LogP contribution is 2.21. The van der Waals surface area contributed by atoms with Crippen LogP contribution in [0.5, 0.6) is 0 Å². The Balaban J connectivity index is 1.85. The van der Waals surface area contributed by atoms with E-state index in [1.807, 2.05) is 0 Å². The van der Waals surface area contributed by atoms with Gasteiger partial charge in [-0.15, -0.1) is 0 Å². The zero-order chi connectivity index (χ0) is 13.8. The minimum absolute atomic E-state index is 0.681. The molecular weight excluding hydrogens is 236 g/mol. The van der Waals surface area contributed by atoms with Gasteiger partial charge in [-0.1, -0.05) is 20.8 Å². The molecule has 1 aliphatic heterocycles. The van der Waals surface area contributed by atoms with Crippen LogP contribution in [0, 0.1) is 18.8 Å². The van der Waals surface area contributed by atoms with Crippen LogP contribution in [-0.2, 0) is 13.1 Å². The predicted molar refractivity (Wildman–Crippen MR) is 79.0 cm³/mol. The second kappa shape index (κ2) is 6.58. The Morgan fingerprint density at radius 2 is 2.26 bits per heavy atom. The number of rotatable bonds is 6. The van der Waals surface area contributed by atoms with Gasteiger partial charge in [0, 0.05) is 6.54 Å². The van der Waals surface area contributed by atoms with Crippen molar-refractivity contribution in [1.82, 2.24) is 10.2 Å². The monoisotopic (exact) mass is 264 g/mol. The lowest BCUT2D eigenvalue weighted by Crippen LogP contribution is -2.19. The van der Waals surface area contributed by atoms with Crippen LogP contribution in [0.15, 0.2) is 10.5 Å². The van der Waals surface area contributed by atoms with Crippen LogP contribution in [0.4, 0.5) is 0 Å². The Morgan fingerprint density at radius 3 is 2.89 bits per heavy atom. The number of nitrogens with zero attached hydrogens (tertiary/aromatic N) is 1. The third-order valence-corrected chi connectivity index (χ3v) is 3.80. The molecule has 1 atom stereocenters. The fourth-order valence-corrected chi connectivity index (χ4v) is 2.71. The molecule has 1 fully saturated rings. The smallest absolute Gasteiger partial charge is 0.120 e. The zero-order valence-corrected chi connectivity index (χ0v) is 12.8. The molecule has 1 unspecified atom stereocenters. The predicted octanol–water partition coefficient (Wildman–Crippen LogP) is 3.18. The molecule has 2 rings (SSSR count). The first kappa shape index (κ1) is 14.6. The Hall–Kier alpha value is -0.800. The normalized spacial score (nSPS) is 20.6. The summed E-state index contributed by atoms with van der Waals surface area (Å²) in [7, 11) is 0. The maximum atomic E-state index is 5.99. The first-order valence-corrected chi connectivity index (χ1v) is 7.56. The van der Waals surface area contributed by atoms with Crippen molar-refractivity contribution in [3.8, 4) is 0 Å². The molecule has 1 aromatic rings. The van der Waals surface area contributed by atoms with Crippen molar-refractivity contribution < 1.29 is 4.42 Å². The molecular formula is C16H28N2O. The number of aryl methyl sites for hydroxylation is 1. The summed E-state index contributed by atoms with van der Waals surface area (Å²) in [6.45, 7) is 14.2. The fraction of sp³-hybridized carbons (Fsp3) is 0.750. The molecule has 1 N–H and O–H groups in total. The summed E-state index contributed by atoms with van der Waals surface area (Å²) in [5.41, 5.74) is 1.28. The van der Waals surface area contributed by atoms with Gasteiger partial charge in [0.2, 0.25) is 0 Å². The van der Waals surface area contributed by atoms with Crippen LogP contribution in [0.2, 0.25) is 0 Å². The average molecular weight is 264 g/mol. The molecule has 0 bridgehead atoms. The van der Waals surface area contributed by atoms with Crippen molar-refractivity contribution in [2.75, 3.05) is 19.6 Å². The van der Waals surface area contributed by atoms with Gasteiger partial charge in [-0.25, -0.2) is 0 Å². The molecule has 108 valence electrons. The third-order valence-electron chi connectivity index (χ3n) is 3.80. The topological polar surface area (TPSA) is 28.4 Å².